The summed E-state index contributed by atoms with van der Waals surface area (Å²) in [5, 5.41) is 5.37. The fourth-order valence-corrected chi connectivity index (χ4v) is 5.18. The first-order valence-corrected chi connectivity index (χ1v) is 15.9. The van der Waals surface area contributed by atoms with E-state index in [0.29, 0.717) is 0 Å². The lowest BCUT2D eigenvalue weighted by molar-refractivity contribution is -0.157. The van der Waals surface area contributed by atoms with Crippen LogP contribution < -0.4 is 31.4 Å². The Morgan fingerprint density at radius 2 is 1.75 bits per heavy atom. The molecule has 266 valence electrons. The molecule has 1 fully saturated rings. The van der Waals surface area contributed by atoms with Crippen LogP contribution in [-0.4, -0.2) is 77.3 Å². The van der Waals surface area contributed by atoms with Gasteiger partial charge in [-0.15, -0.1) is 0 Å². The average Bonchev–Trinajstić information content (AvgIpc) is 3.28. The Labute approximate surface area is 286 Å². The third-order valence-electron chi connectivity index (χ3n) is 7.17. The van der Waals surface area contributed by atoms with E-state index in [1.54, 1.807) is 41.5 Å². The summed E-state index contributed by atoms with van der Waals surface area (Å²) in [6.07, 6.45) is -7.42. The molecule has 0 aliphatic carbocycles. The number of ether oxygens (including phenoxy) is 5. The molecule has 0 saturated carbocycles. The van der Waals surface area contributed by atoms with Gasteiger partial charge in [0.15, 0.2) is 24.6 Å². The van der Waals surface area contributed by atoms with Crippen LogP contribution in [0.5, 0.6) is 11.5 Å². The highest BCUT2D eigenvalue weighted by Crippen LogP contribution is 2.36. The van der Waals surface area contributed by atoms with Gasteiger partial charge in [-0.05, 0) is 46.1 Å². The number of alkyl halides is 1. The van der Waals surface area contributed by atoms with E-state index in [9.17, 15) is 24.0 Å². The summed E-state index contributed by atoms with van der Waals surface area (Å²) in [6.45, 7) is 10.9. The first kappa shape index (κ1) is 38.6. The first-order valence-electron chi connectivity index (χ1n) is 15.2. The van der Waals surface area contributed by atoms with Crippen LogP contribution in [0.1, 0.15) is 60.3 Å². The Balaban J connectivity index is 1.86. The molecule has 48 heavy (non-hydrogen) atoms. The minimum atomic E-state index is -2.15. The monoisotopic (exact) mass is 718 g/mol. The first-order chi connectivity index (χ1) is 22.4. The van der Waals surface area contributed by atoms with Crippen LogP contribution in [0.4, 0.5) is 9.18 Å². The molecular formula is C31H41Cl2FN4O10. The van der Waals surface area contributed by atoms with Crippen molar-refractivity contribution < 1.29 is 42.5 Å². The Morgan fingerprint density at radius 1 is 1.10 bits per heavy atom. The standard InChI is InChI=1S/C31H41Cl2FN4O10/c1-9-16-13-38(29(42)37-26(16)40)27-22(34)24(47-28(41)23(14(2)3)36-30(43)48-31(5,6)7)21(46-27)12-35-25(39)15(4)45-20-11-19(44-8)17(32)10-18(20)33/h10-11,13-15,21-24,27H,9,12H2,1-8H3,(H,35,39)(H,36,43)(H,37,40,42)/t15-,21+,22+,23-,24+,27+/m0/s1. The van der Waals surface area contributed by atoms with E-state index in [-0.39, 0.29) is 33.5 Å². The summed E-state index contributed by atoms with van der Waals surface area (Å²) >= 11 is 12.3. The zero-order valence-electron chi connectivity index (χ0n) is 27.9. The molecule has 1 aromatic heterocycles. The topological polar surface area (TPSA) is 176 Å². The number of halogens is 3. The van der Waals surface area contributed by atoms with Crippen molar-refractivity contribution >= 4 is 41.2 Å². The Morgan fingerprint density at radius 3 is 2.33 bits per heavy atom. The highest BCUT2D eigenvalue weighted by atomic mass is 35.5. The fourth-order valence-electron chi connectivity index (χ4n) is 4.68. The van der Waals surface area contributed by atoms with E-state index in [0.717, 1.165) is 4.57 Å². The number of carbonyl (C=O) groups excluding carboxylic acids is 3. The third-order valence-corrected chi connectivity index (χ3v) is 7.76. The van der Waals surface area contributed by atoms with E-state index in [4.69, 9.17) is 46.9 Å². The van der Waals surface area contributed by atoms with Gasteiger partial charge in [-0.1, -0.05) is 44.0 Å². The van der Waals surface area contributed by atoms with Crippen LogP contribution >= 0.6 is 23.2 Å². The molecular weight excluding hydrogens is 678 g/mol. The smallest absolute Gasteiger partial charge is 0.408 e. The van der Waals surface area contributed by atoms with Crippen molar-refractivity contribution in [3.8, 4) is 11.5 Å². The van der Waals surface area contributed by atoms with Crippen molar-refractivity contribution in [2.45, 2.75) is 97.2 Å². The number of aryl methyl sites for hydroxylation is 1. The SMILES string of the molecule is CCc1cn([C@@H]2O[C@H](CNC(=O)[C@H](C)Oc3cc(OC)c(Cl)cc3Cl)[C@@H](OC(=O)[C@@H](NC(=O)OC(C)(C)C)C(C)C)[C@H]2F)c(=O)[nH]c1=O. The van der Waals surface area contributed by atoms with Gasteiger partial charge in [0.2, 0.25) is 0 Å². The molecule has 1 aliphatic heterocycles. The maximum Gasteiger partial charge on any atom is 0.408 e. The number of rotatable bonds is 12. The number of aromatic nitrogens is 2. The Kier molecular flexibility index (Phi) is 12.9. The number of alkyl carbamates (subject to hydrolysis) is 1. The summed E-state index contributed by atoms with van der Waals surface area (Å²) in [5.41, 5.74) is -2.27. The number of H-pyrrole nitrogens is 1. The van der Waals surface area contributed by atoms with Crippen LogP contribution in [0.2, 0.25) is 10.0 Å². The average molecular weight is 720 g/mol. The van der Waals surface area contributed by atoms with E-state index in [1.807, 2.05) is 0 Å². The van der Waals surface area contributed by atoms with Crippen molar-refractivity contribution in [1.82, 2.24) is 20.2 Å². The van der Waals surface area contributed by atoms with Crippen molar-refractivity contribution in [3.63, 3.8) is 0 Å². The zero-order valence-corrected chi connectivity index (χ0v) is 29.4. The lowest BCUT2D eigenvalue weighted by atomic mass is 10.0. The number of amides is 2. The van der Waals surface area contributed by atoms with E-state index in [1.165, 1.54) is 32.4 Å². The third kappa shape index (κ3) is 9.63. The van der Waals surface area contributed by atoms with Crippen LogP contribution in [0.15, 0.2) is 27.9 Å². The van der Waals surface area contributed by atoms with Gasteiger partial charge in [-0.25, -0.2) is 18.8 Å². The number of nitrogens with zero attached hydrogens (tertiary/aromatic N) is 1. The minimum Gasteiger partial charge on any atom is -0.495 e. The number of carbonyl (C=O) groups is 3. The Bertz CT molecular complexity index is 1610. The maximum absolute atomic E-state index is 16.2. The second kappa shape index (κ2) is 16.1. The molecule has 0 spiro atoms. The van der Waals surface area contributed by atoms with E-state index >= 15 is 4.39 Å². The van der Waals surface area contributed by atoms with Gasteiger partial charge in [-0.3, -0.25) is 19.1 Å². The molecule has 1 aliphatic rings. The minimum absolute atomic E-state index is 0.106. The van der Waals surface area contributed by atoms with Crippen LogP contribution in [0.3, 0.4) is 0 Å². The molecule has 0 unspecified atom stereocenters. The van der Waals surface area contributed by atoms with Gasteiger partial charge in [0, 0.05) is 24.4 Å². The predicted octanol–water partition coefficient (Wildman–Crippen LogP) is 3.69. The van der Waals surface area contributed by atoms with E-state index < -0.39 is 84.0 Å². The largest absolute Gasteiger partial charge is 0.495 e. The number of nitrogens with one attached hydrogen (secondary N) is 3. The molecule has 0 radical (unpaired) electrons. The molecule has 2 amide bonds. The van der Waals surface area contributed by atoms with Crippen molar-refractivity contribution in [1.29, 1.82) is 0 Å². The normalized spacial score (nSPS) is 20.5. The molecule has 2 aromatic rings. The molecule has 14 nitrogen and oxygen atoms in total. The summed E-state index contributed by atoms with van der Waals surface area (Å²) in [5.74, 6) is -1.82. The fraction of sp³-hybridized carbons (Fsp3) is 0.581. The second-order valence-corrected chi connectivity index (χ2v) is 13.2. The quantitative estimate of drug-likeness (QED) is 0.274. The molecule has 3 N–H and O–H groups in total. The predicted molar refractivity (Wildman–Crippen MR) is 173 cm³/mol. The number of aromatic amines is 1. The van der Waals surface area contributed by atoms with Gasteiger partial charge in [0.05, 0.1) is 17.2 Å². The van der Waals surface area contributed by atoms with Gasteiger partial charge in [0.25, 0.3) is 11.5 Å². The number of hydrogen-bond acceptors (Lipinski definition) is 10. The Hall–Kier alpha value is -3.82. The van der Waals surface area contributed by atoms with E-state index in [2.05, 4.69) is 15.6 Å². The molecule has 3 rings (SSSR count). The lowest BCUT2D eigenvalue weighted by Crippen LogP contribution is -2.50. The number of methoxy groups -OCH3 is 1. The molecule has 1 aromatic carbocycles. The van der Waals surface area contributed by atoms with Crippen LogP contribution in [0, 0.1) is 5.92 Å². The molecule has 6 atom stereocenters. The van der Waals surface area contributed by atoms with Crippen LogP contribution in [0.25, 0.3) is 0 Å². The van der Waals surface area contributed by atoms with Gasteiger partial charge in [-0.2, -0.15) is 0 Å². The zero-order chi connectivity index (χ0) is 36.1. The highest BCUT2D eigenvalue weighted by molar-refractivity contribution is 6.36. The summed E-state index contributed by atoms with van der Waals surface area (Å²) in [7, 11) is 1.40. The summed E-state index contributed by atoms with van der Waals surface area (Å²) < 4.78 is 44.6. The van der Waals surface area contributed by atoms with Gasteiger partial charge in [0.1, 0.15) is 29.2 Å². The van der Waals surface area contributed by atoms with Crippen molar-refractivity contribution in [2.75, 3.05) is 13.7 Å². The molecule has 0 bridgehead atoms. The molecule has 2 heterocycles. The molecule has 1 saturated heterocycles. The second-order valence-electron chi connectivity index (χ2n) is 12.4. The van der Waals surface area contributed by atoms with Crippen LogP contribution in [-0.2, 0) is 30.2 Å². The highest BCUT2D eigenvalue weighted by Gasteiger charge is 2.50. The van der Waals surface area contributed by atoms with Crippen molar-refractivity contribution in [2.24, 2.45) is 5.92 Å². The number of benzene rings is 1. The lowest BCUT2D eigenvalue weighted by Gasteiger charge is -2.27. The number of esters is 1. The summed E-state index contributed by atoms with van der Waals surface area (Å²) in [4.78, 5) is 65.9. The van der Waals surface area contributed by atoms with Gasteiger partial charge < -0.3 is 34.3 Å². The summed E-state index contributed by atoms with van der Waals surface area (Å²) in [6, 6.07) is 1.54. The molecule has 17 heteroatoms. The maximum atomic E-state index is 16.2. The van der Waals surface area contributed by atoms with Gasteiger partial charge >= 0.3 is 17.8 Å². The van der Waals surface area contributed by atoms with Crippen molar-refractivity contribution in [3.05, 3.63) is 54.8 Å². The number of hydrogen-bond donors (Lipinski definition) is 3.